The minimum absolute atomic E-state index is 0.0898. The lowest BCUT2D eigenvalue weighted by molar-refractivity contribution is 0.440. The van der Waals surface area contributed by atoms with Gasteiger partial charge < -0.3 is 10.5 Å². The molecule has 2 aromatic rings. The third-order valence-electron chi connectivity index (χ3n) is 2.86. The summed E-state index contributed by atoms with van der Waals surface area (Å²) in [6.07, 6.45) is 4.22. The molecule has 2 rings (SSSR count). The lowest BCUT2D eigenvalue weighted by atomic mass is 10.1. The monoisotopic (exact) mass is 291 g/mol. The van der Waals surface area contributed by atoms with Crippen LogP contribution in [0.4, 0.5) is 0 Å². The molecular weight excluding hydrogens is 274 g/mol. The summed E-state index contributed by atoms with van der Waals surface area (Å²) >= 11 is 6.12. The van der Waals surface area contributed by atoms with Crippen LogP contribution >= 0.6 is 11.6 Å². The molecule has 0 saturated carbocycles. The molecule has 1 heterocycles. The van der Waals surface area contributed by atoms with Crippen molar-refractivity contribution in [3.63, 3.8) is 0 Å². The molecular formula is C15H18ClN3O. The van der Waals surface area contributed by atoms with Crippen LogP contribution in [0.2, 0.25) is 5.02 Å². The highest BCUT2D eigenvalue weighted by Crippen LogP contribution is 2.27. The van der Waals surface area contributed by atoms with Crippen LogP contribution in [0.1, 0.15) is 23.6 Å². The Morgan fingerprint density at radius 3 is 2.25 bits per heavy atom. The SMILES string of the molecule is Cc1cc(Oc2ncc(CC(C)N)cn2)cc(C)c1Cl. The van der Waals surface area contributed by atoms with E-state index in [1.807, 2.05) is 32.9 Å². The highest BCUT2D eigenvalue weighted by molar-refractivity contribution is 6.32. The smallest absolute Gasteiger partial charge is 0.321 e. The maximum atomic E-state index is 6.12. The van der Waals surface area contributed by atoms with Crippen molar-refractivity contribution in [1.29, 1.82) is 0 Å². The second-order valence-electron chi connectivity index (χ2n) is 5.03. The fourth-order valence-corrected chi connectivity index (χ4v) is 2.05. The molecule has 5 heteroatoms. The van der Waals surface area contributed by atoms with Crippen molar-refractivity contribution < 1.29 is 4.74 Å². The number of aromatic nitrogens is 2. The molecule has 0 aliphatic carbocycles. The molecule has 0 amide bonds. The van der Waals surface area contributed by atoms with Crippen molar-refractivity contribution in [3.8, 4) is 11.8 Å². The molecule has 106 valence electrons. The number of ether oxygens (including phenoxy) is 1. The fourth-order valence-electron chi connectivity index (χ4n) is 1.94. The lowest BCUT2D eigenvalue weighted by Crippen LogP contribution is -2.17. The van der Waals surface area contributed by atoms with Gasteiger partial charge in [0, 0.05) is 23.5 Å². The van der Waals surface area contributed by atoms with Gasteiger partial charge in [-0.2, -0.15) is 0 Å². The van der Waals surface area contributed by atoms with Gasteiger partial charge in [0.15, 0.2) is 0 Å². The molecule has 0 saturated heterocycles. The molecule has 0 radical (unpaired) electrons. The Morgan fingerprint density at radius 1 is 1.20 bits per heavy atom. The summed E-state index contributed by atoms with van der Waals surface area (Å²) in [4.78, 5) is 8.37. The van der Waals surface area contributed by atoms with Gasteiger partial charge in [-0.05, 0) is 56.0 Å². The molecule has 1 atom stereocenters. The van der Waals surface area contributed by atoms with Crippen LogP contribution in [-0.2, 0) is 6.42 Å². The first kappa shape index (κ1) is 14.8. The number of halogens is 1. The minimum Gasteiger partial charge on any atom is -0.424 e. The molecule has 2 N–H and O–H groups in total. The largest absolute Gasteiger partial charge is 0.424 e. The lowest BCUT2D eigenvalue weighted by Gasteiger charge is -2.09. The molecule has 0 aliphatic rings. The molecule has 0 aliphatic heterocycles. The molecule has 1 unspecified atom stereocenters. The number of aryl methyl sites for hydroxylation is 2. The third kappa shape index (κ3) is 3.68. The molecule has 20 heavy (non-hydrogen) atoms. The van der Waals surface area contributed by atoms with Crippen LogP contribution in [0.25, 0.3) is 0 Å². The van der Waals surface area contributed by atoms with Gasteiger partial charge in [0.05, 0.1) is 0 Å². The number of nitrogens with two attached hydrogens (primary N) is 1. The highest BCUT2D eigenvalue weighted by Gasteiger charge is 2.06. The Balaban J connectivity index is 2.14. The number of rotatable bonds is 4. The highest BCUT2D eigenvalue weighted by atomic mass is 35.5. The van der Waals surface area contributed by atoms with E-state index in [-0.39, 0.29) is 6.04 Å². The van der Waals surface area contributed by atoms with E-state index in [0.717, 1.165) is 28.1 Å². The number of hydrogen-bond acceptors (Lipinski definition) is 4. The van der Waals surface area contributed by atoms with E-state index in [4.69, 9.17) is 22.1 Å². The van der Waals surface area contributed by atoms with Gasteiger partial charge in [0.25, 0.3) is 0 Å². The van der Waals surface area contributed by atoms with Crippen LogP contribution in [0.5, 0.6) is 11.8 Å². The fraction of sp³-hybridized carbons (Fsp3) is 0.333. The van der Waals surface area contributed by atoms with Crippen LogP contribution < -0.4 is 10.5 Å². The Kier molecular flexibility index (Phi) is 4.57. The maximum Gasteiger partial charge on any atom is 0.321 e. The zero-order valence-electron chi connectivity index (χ0n) is 11.9. The first-order valence-corrected chi connectivity index (χ1v) is 6.84. The van der Waals surface area contributed by atoms with Crippen molar-refractivity contribution in [2.24, 2.45) is 5.73 Å². The van der Waals surface area contributed by atoms with Gasteiger partial charge in [0.1, 0.15) is 5.75 Å². The van der Waals surface area contributed by atoms with E-state index in [2.05, 4.69) is 9.97 Å². The Labute approximate surface area is 124 Å². The quantitative estimate of drug-likeness (QED) is 0.937. The molecule has 1 aromatic heterocycles. The van der Waals surface area contributed by atoms with Gasteiger partial charge >= 0.3 is 6.01 Å². The second kappa shape index (κ2) is 6.20. The summed E-state index contributed by atoms with van der Waals surface area (Å²) in [5.74, 6) is 0.685. The summed E-state index contributed by atoms with van der Waals surface area (Å²) in [5, 5.41) is 0.755. The number of nitrogens with zero attached hydrogens (tertiary/aromatic N) is 2. The van der Waals surface area contributed by atoms with E-state index in [1.54, 1.807) is 12.4 Å². The van der Waals surface area contributed by atoms with E-state index in [0.29, 0.717) is 11.8 Å². The average Bonchev–Trinajstić information content (AvgIpc) is 2.37. The van der Waals surface area contributed by atoms with Crippen LogP contribution in [0.3, 0.4) is 0 Å². The summed E-state index contributed by atoms with van der Waals surface area (Å²) in [7, 11) is 0. The summed E-state index contributed by atoms with van der Waals surface area (Å²) in [6.45, 7) is 5.83. The van der Waals surface area contributed by atoms with Gasteiger partial charge in [-0.1, -0.05) is 11.6 Å². The number of hydrogen-bond donors (Lipinski definition) is 1. The van der Waals surface area contributed by atoms with Crippen molar-refractivity contribution in [2.45, 2.75) is 33.2 Å². The van der Waals surface area contributed by atoms with Gasteiger partial charge in [-0.15, -0.1) is 0 Å². The Morgan fingerprint density at radius 2 is 1.75 bits per heavy atom. The average molecular weight is 292 g/mol. The first-order valence-electron chi connectivity index (χ1n) is 6.47. The normalized spacial score (nSPS) is 12.2. The minimum atomic E-state index is 0.0898. The molecule has 0 bridgehead atoms. The van der Waals surface area contributed by atoms with Crippen LogP contribution in [0.15, 0.2) is 24.5 Å². The van der Waals surface area contributed by atoms with Crippen molar-refractivity contribution in [2.75, 3.05) is 0 Å². The first-order chi connectivity index (χ1) is 9.45. The zero-order valence-corrected chi connectivity index (χ0v) is 12.6. The molecule has 0 spiro atoms. The molecule has 4 nitrogen and oxygen atoms in total. The predicted molar refractivity (Wildman–Crippen MR) is 80.4 cm³/mol. The molecule has 1 aromatic carbocycles. The van der Waals surface area contributed by atoms with Gasteiger partial charge in [0.2, 0.25) is 0 Å². The van der Waals surface area contributed by atoms with E-state index in [9.17, 15) is 0 Å². The second-order valence-corrected chi connectivity index (χ2v) is 5.41. The van der Waals surface area contributed by atoms with Crippen molar-refractivity contribution >= 4 is 11.6 Å². The standard InChI is InChI=1S/C15H18ClN3O/c1-9-4-13(5-10(2)14(9)16)20-15-18-7-12(8-19-15)6-11(3)17/h4-5,7-8,11H,6,17H2,1-3H3. The van der Waals surface area contributed by atoms with Crippen molar-refractivity contribution in [1.82, 2.24) is 9.97 Å². The Hall–Kier alpha value is -1.65. The summed E-state index contributed by atoms with van der Waals surface area (Å²) in [6, 6.07) is 4.15. The number of benzene rings is 1. The maximum absolute atomic E-state index is 6.12. The van der Waals surface area contributed by atoms with Gasteiger partial charge in [-0.25, -0.2) is 9.97 Å². The van der Waals surface area contributed by atoms with Crippen LogP contribution in [-0.4, -0.2) is 16.0 Å². The van der Waals surface area contributed by atoms with E-state index >= 15 is 0 Å². The van der Waals surface area contributed by atoms with E-state index < -0.39 is 0 Å². The summed E-state index contributed by atoms with van der Waals surface area (Å²) < 4.78 is 5.64. The Bertz CT molecular complexity index is 574. The van der Waals surface area contributed by atoms with Crippen molar-refractivity contribution in [3.05, 3.63) is 46.2 Å². The molecule has 0 fully saturated rings. The van der Waals surface area contributed by atoms with Crippen LogP contribution in [0, 0.1) is 13.8 Å². The van der Waals surface area contributed by atoms with Gasteiger partial charge in [-0.3, -0.25) is 0 Å². The predicted octanol–water partition coefficient (Wildman–Crippen LogP) is 3.43. The third-order valence-corrected chi connectivity index (χ3v) is 3.45. The topological polar surface area (TPSA) is 61.0 Å². The zero-order chi connectivity index (χ0) is 14.7. The summed E-state index contributed by atoms with van der Waals surface area (Å²) in [5.41, 5.74) is 8.67. The van der Waals surface area contributed by atoms with E-state index in [1.165, 1.54) is 0 Å².